The molecule has 0 amide bonds. The number of thioether (sulfide) groups is 1. The van der Waals surface area contributed by atoms with E-state index < -0.39 is 0 Å². The minimum Gasteiger partial charge on any atom is -0.130 e. The van der Waals surface area contributed by atoms with Gasteiger partial charge in [-0.3, -0.25) is 0 Å². The van der Waals surface area contributed by atoms with E-state index in [1.807, 2.05) is 0 Å². The highest BCUT2D eigenvalue weighted by molar-refractivity contribution is 8.03. The van der Waals surface area contributed by atoms with Gasteiger partial charge in [-0.2, -0.15) is 0 Å². The Morgan fingerprint density at radius 1 is 1.55 bits per heavy atom. The van der Waals surface area contributed by atoms with E-state index in [0.29, 0.717) is 0 Å². The molecule has 1 heterocycles. The van der Waals surface area contributed by atoms with Crippen molar-refractivity contribution in [1.29, 1.82) is 0 Å². The van der Waals surface area contributed by atoms with Gasteiger partial charge >= 0.3 is 0 Å². The molecule has 1 unspecified atom stereocenters. The van der Waals surface area contributed by atoms with E-state index in [2.05, 4.69) is 39.5 Å². The van der Waals surface area contributed by atoms with Crippen LogP contribution in [-0.4, -0.2) is 5.75 Å². The van der Waals surface area contributed by atoms with Crippen molar-refractivity contribution in [3.05, 3.63) is 10.5 Å². The van der Waals surface area contributed by atoms with Gasteiger partial charge in [-0.1, -0.05) is 26.3 Å². The van der Waals surface area contributed by atoms with Crippen LogP contribution < -0.4 is 0 Å². The van der Waals surface area contributed by atoms with Gasteiger partial charge in [-0.05, 0) is 30.1 Å². The molecule has 0 nitrogen and oxygen atoms in total. The summed E-state index contributed by atoms with van der Waals surface area (Å²) in [4.78, 5) is 1.64. The molecule has 0 N–H and O–H groups in total. The first-order valence-corrected chi connectivity index (χ1v) is 5.47. The average Bonchev–Trinajstić information content (AvgIpc) is 2.30. The van der Waals surface area contributed by atoms with Crippen LogP contribution in [0.15, 0.2) is 10.5 Å². The fourth-order valence-corrected chi connectivity index (χ4v) is 3.31. The Hall–Kier alpha value is 0.0900. The molecule has 0 aliphatic carbocycles. The molecule has 1 aliphatic rings. The minimum absolute atomic E-state index is 0.826. The highest BCUT2D eigenvalue weighted by Crippen LogP contribution is 2.40. The Balaban J connectivity index is 2.69. The summed E-state index contributed by atoms with van der Waals surface area (Å²) in [7, 11) is 0. The predicted octanol–water partition coefficient (Wildman–Crippen LogP) is 3.69. The maximum atomic E-state index is 2.33. The van der Waals surface area contributed by atoms with Crippen LogP contribution in [0.25, 0.3) is 0 Å². The molecule has 0 spiro atoms. The SMILES string of the molecule is CCC1=C(C)C(C(C)C)CS1. The van der Waals surface area contributed by atoms with E-state index in [-0.39, 0.29) is 0 Å². The molecule has 0 saturated heterocycles. The topological polar surface area (TPSA) is 0 Å². The molecule has 0 aromatic carbocycles. The Kier molecular flexibility index (Phi) is 3.06. The van der Waals surface area contributed by atoms with Crippen LogP contribution >= 0.6 is 11.8 Å². The van der Waals surface area contributed by atoms with Gasteiger partial charge in [-0.25, -0.2) is 0 Å². The van der Waals surface area contributed by atoms with Crippen molar-refractivity contribution < 1.29 is 0 Å². The van der Waals surface area contributed by atoms with Crippen LogP contribution in [0.3, 0.4) is 0 Å². The first-order valence-electron chi connectivity index (χ1n) is 4.49. The Bertz CT molecular complexity index is 168. The smallest absolute Gasteiger partial charge is 0.00452 e. The summed E-state index contributed by atoms with van der Waals surface area (Å²) in [5.74, 6) is 3.01. The molecule has 1 atom stereocenters. The molecule has 1 heteroatoms. The summed E-state index contributed by atoms with van der Waals surface area (Å²) in [6, 6.07) is 0. The second-order valence-electron chi connectivity index (χ2n) is 3.62. The van der Waals surface area contributed by atoms with Crippen LogP contribution in [0, 0.1) is 11.8 Å². The van der Waals surface area contributed by atoms with Gasteiger partial charge in [0.2, 0.25) is 0 Å². The van der Waals surface area contributed by atoms with Crippen LogP contribution in [0.2, 0.25) is 0 Å². The number of hydrogen-bond donors (Lipinski definition) is 0. The lowest BCUT2D eigenvalue weighted by atomic mass is 9.90. The van der Waals surface area contributed by atoms with Gasteiger partial charge in [0.05, 0.1) is 0 Å². The third-order valence-electron chi connectivity index (χ3n) is 2.56. The van der Waals surface area contributed by atoms with Crippen LogP contribution in [0.4, 0.5) is 0 Å². The first kappa shape index (κ1) is 9.18. The van der Waals surface area contributed by atoms with E-state index >= 15 is 0 Å². The Morgan fingerprint density at radius 3 is 2.45 bits per heavy atom. The van der Waals surface area contributed by atoms with Crippen LogP contribution in [-0.2, 0) is 0 Å². The summed E-state index contributed by atoms with van der Waals surface area (Å²) in [6.45, 7) is 9.22. The standard InChI is InChI=1S/C10H18S/c1-5-10-8(4)9(6-11-10)7(2)3/h7,9H,5-6H2,1-4H3. The molecule has 0 aromatic rings. The van der Waals surface area contributed by atoms with Crippen molar-refractivity contribution >= 4 is 11.8 Å². The minimum atomic E-state index is 0.826. The maximum Gasteiger partial charge on any atom is 0.00452 e. The van der Waals surface area contributed by atoms with Gasteiger partial charge in [-0.15, -0.1) is 11.8 Å². The summed E-state index contributed by atoms with van der Waals surface area (Å²) < 4.78 is 0. The number of rotatable bonds is 2. The van der Waals surface area contributed by atoms with Crippen molar-refractivity contribution in [3.63, 3.8) is 0 Å². The van der Waals surface area contributed by atoms with E-state index in [9.17, 15) is 0 Å². The monoisotopic (exact) mass is 170 g/mol. The molecule has 0 aromatic heterocycles. The van der Waals surface area contributed by atoms with E-state index in [4.69, 9.17) is 0 Å². The molecule has 1 aliphatic heterocycles. The molecule has 11 heavy (non-hydrogen) atoms. The van der Waals surface area contributed by atoms with Gasteiger partial charge in [0.25, 0.3) is 0 Å². The first-order chi connectivity index (χ1) is 5.16. The molecule has 0 radical (unpaired) electrons. The number of allylic oxidation sites excluding steroid dienone is 2. The normalized spacial score (nSPS) is 25.4. The lowest BCUT2D eigenvalue weighted by Gasteiger charge is -2.14. The van der Waals surface area contributed by atoms with Crippen LogP contribution in [0.5, 0.6) is 0 Å². The Labute approximate surface area is 74.5 Å². The van der Waals surface area contributed by atoms with Crippen molar-refractivity contribution in [2.24, 2.45) is 11.8 Å². The van der Waals surface area contributed by atoms with Crippen molar-refractivity contribution in [2.75, 3.05) is 5.75 Å². The summed E-state index contributed by atoms with van der Waals surface area (Å²) in [6.07, 6.45) is 1.24. The summed E-state index contributed by atoms with van der Waals surface area (Å²) in [5, 5.41) is 0. The summed E-state index contributed by atoms with van der Waals surface area (Å²) in [5.41, 5.74) is 1.66. The van der Waals surface area contributed by atoms with Gasteiger partial charge in [0.15, 0.2) is 0 Å². The van der Waals surface area contributed by atoms with Gasteiger partial charge in [0.1, 0.15) is 0 Å². The van der Waals surface area contributed by atoms with Crippen molar-refractivity contribution in [3.8, 4) is 0 Å². The fraction of sp³-hybridized carbons (Fsp3) is 0.800. The molecule has 0 bridgehead atoms. The van der Waals surface area contributed by atoms with Crippen molar-refractivity contribution in [2.45, 2.75) is 34.1 Å². The lowest BCUT2D eigenvalue weighted by molar-refractivity contribution is 0.491. The van der Waals surface area contributed by atoms with E-state index in [1.165, 1.54) is 12.2 Å². The second-order valence-corrected chi connectivity index (χ2v) is 4.74. The largest absolute Gasteiger partial charge is 0.130 e. The Morgan fingerprint density at radius 2 is 2.18 bits per heavy atom. The predicted molar refractivity (Wildman–Crippen MR) is 53.8 cm³/mol. The third-order valence-corrected chi connectivity index (χ3v) is 4.04. The van der Waals surface area contributed by atoms with Crippen molar-refractivity contribution in [1.82, 2.24) is 0 Å². The van der Waals surface area contributed by atoms with Crippen LogP contribution in [0.1, 0.15) is 34.1 Å². The lowest BCUT2D eigenvalue weighted by Crippen LogP contribution is -2.08. The molecule has 0 fully saturated rings. The molecular formula is C10H18S. The fourth-order valence-electron chi connectivity index (χ4n) is 1.71. The molecular weight excluding hydrogens is 152 g/mol. The highest BCUT2D eigenvalue weighted by Gasteiger charge is 2.23. The summed E-state index contributed by atoms with van der Waals surface area (Å²) >= 11 is 2.07. The quantitative estimate of drug-likeness (QED) is 0.609. The molecule has 64 valence electrons. The third kappa shape index (κ3) is 1.81. The highest BCUT2D eigenvalue weighted by atomic mass is 32.2. The maximum absolute atomic E-state index is 2.33. The van der Waals surface area contributed by atoms with Gasteiger partial charge < -0.3 is 0 Å². The molecule has 0 saturated carbocycles. The van der Waals surface area contributed by atoms with E-state index in [1.54, 1.807) is 10.5 Å². The molecule has 1 rings (SSSR count). The van der Waals surface area contributed by atoms with Gasteiger partial charge in [0, 0.05) is 5.75 Å². The zero-order valence-electron chi connectivity index (χ0n) is 7.98. The average molecular weight is 170 g/mol. The zero-order chi connectivity index (χ0) is 8.43. The zero-order valence-corrected chi connectivity index (χ0v) is 8.79. The second kappa shape index (κ2) is 3.66. The van der Waals surface area contributed by atoms with E-state index in [0.717, 1.165) is 11.8 Å². The number of hydrogen-bond acceptors (Lipinski definition) is 1.